The van der Waals surface area contributed by atoms with Gasteiger partial charge in [0, 0.05) is 13.1 Å². The van der Waals surface area contributed by atoms with Crippen molar-refractivity contribution in [1.29, 1.82) is 0 Å². The summed E-state index contributed by atoms with van der Waals surface area (Å²) in [6.07, 6.45) is 3.65. The second kappa shape index (κ2) is 4.23. The van der Waals surface area contributed by atoms with Gasteiger partial charge in [0.25, 0.3) is 0 Å². The van der Waals surface area contributed by atoms with E-state index in [1.165, 1.54) is 19.3 Å². The van der Waals surface area contributed by atoms with E-state index in [0.29, 0.717) is 17.3 Å². The fourth-order valence-electron chi connectivity index (χ4n) is 3.44. The summed E-state index contributed by atoms with van der Waals surface area (Å²) in [6.45, 7) is 6.70. The maximum Gasteiger partial charge on any atom is 0.158 e. The van der Waals surface area contributed by atoms with E-state index in [-0.39, 0.29) is 0 Å². The molecule has 1 fully saturated rings. The number of alkyl halides is 1. The first kappa shape index (κ1) is 13.0. The number of halogens is 1. The van der Waals surface area contributed by atoms with Crippen LogP contribution < -0.4 is 0 Å². The summed E-state index contributed by atoms with van der Waals surface area (Å²) in [7, 11) is 1.99. The molecule has 0 aliphatic heterocycles. The fourth-order valence-corrected chi connectivity index (χ4v) is 3.63. The van der Waals surface area contributed by atoms with Crippen LogP contribution in [-0.4, -0.2) is 19.3 Å². The summed E-state index contributed by atoms with van der Waals surface area (Å²) in [5.74, 6) is 1.45. The van der Waals surface area contributed by atoms with Crippen LogP contribution in [0.3, 0.4) is 0 Å². The number of aryl methyl sites for hydroxylation is 2. The summed E-state index contributed by atoms with van der Waals surface area (Å²) < 4.78 is 4.27. The maximum atomic E-state index is 6.10. The van der Waals surface area contributed by atoms with Gasteiger partial charge in [-0.15, -0.1) is 11.6 Å². The fraction of sp³-hybridized carbons (Fsp3) is 0.714. The van der Waals surface area contributed by atoms with E-state index in [4.69, 9.17) is 16.6 Å². The molecule has 0 spiro atoms. The van der Waals surface area contributed by atoms with Crippen molar-refractivity contribution < 1.29 is 0 Å². The summed E-state index contributed by atoms with van der Waals surface area (Å²) in [5.41, 5.74) is 3.52. The third kappa shape index (κ3) is 1.97. The van der Waals surface area contributed by atoms with Gasteiger partial charge >= 0.3 is 0 Å². The zero-order valence-corrected chi connectivity index (χ0v) is 12.8. The molecule has 1 unspecified atom stereocenters. The number of hydrogen-bond donors (Lipinski definition) is 0. The molecular weight excluding hydrogens is 260 g/mol. The largest absolute Gasteiger partial charge is 0.309 e. The van der Waals surface area contributed by atoms with E-state index in [0.717, 1.165) is 22.7 Å². The second-order valence-corrected chi connectivity index (χ2v) is 6.74. The highest BCUT2D eigenvalue weighted by Crippen LogP contribution is 2.45. The van der Waals surface area contributed by atoms with Crippen molar-refractivity contribution in [2.24, 2.45) is 12.5 Å². The molecule has 0 saturated heterocycles. The lowest BCUT2D eigenvalue weighted by atomic mass is 9.92. The van der Waals surface area contributed by atoms with Crippen molar-refractivity contribution in [3.05, 3.63) is 11.5 Å². The minimum Gasteiger partial charge on any atom is -0.309 e. The number of hydrogen-bond acceptors (Lipinski definition) is 2. The van der Waals surface area contributed by atoms with Gasteiger partial charge in [0.05, 0.1) is 11.6 Å². The first-order chi connectivity index (χ1) is 8.93. The summed E-state index contributed by atoms with van der Waals surface area (Å²) in [6, 6.07) is 0.503. The summed E-state index contributed by atoms with van der Waals surface area (Å²) in [4.78, 5) is 4.69. The van der Waals surface area contributed by atoms with Gasteiger partial charge in [0.2, 0.25) is 0 Å². The average molecular weight is 281 g/mol. The third-order valence-electron chi connectivity index (χ3n) is 4.34. The van der Waals surface area contributed by atoms with Gasteiger partial charge in [-0.05, 0) is 31.6 Å². The van der Waals surface area contributed by atoms with Crippen LogP contribution in [0.2, 0.25) is 0 Å². The van der Waals surface area contributed by atoms with Gasteiger partial charge in [0.15, 0.2) is 5.65 Å². The van der Waals surface area contributed by atoms with Crippen LogP contribution in [0.25, 0.3) is 11.2 Å². The molecule has 5 heteroatoms. The van der Waals surface area contributed by atoms with Gasteiger partial charge in [-0.25, -0.2) is 4.98 Å². The molecule has 1 aliphatic rings. The molecule has 0 bridgehead atoms. The zero-order chi connectivity index (χ0) is 13.8. The van der Waals surface area contributed by atoms with Crippen molar-refractivity contribution in [2.45, 2.75) is 52.0 Å². The Morgan fingerprint density at radius 3 is 2.74 bits per heavy atom. The van der Waals surface area contributed by atoms with Crippen LogP contribution in [0.1, 0.15) is 50.7 Å². The van der Waals surface area contributed by atoms with E-state index >= 15 is 0 Å². The van der Waals surface area contributed by atoms with Crippen molar-refractivity contribution >= 4 is 22.8 Å². The van der Waals surface area contributed by atoms with Crippen molar-refractivity contribution in [2.75, 3.05) is 0 Å². The topological polar surface area (TPSA) is 35.6 Å². The zero-order valence-electron chi connectivity index (χ0n) is 12.1. The quantitative estimate of drug-likeness (QED) is 0.789. The molecule has 3 rings (SSSR count). The number of imidazole rings is 1. The Morgan fingerprint density at radius 2 is 2.16 bits per heavy atom. The molecule has 1 aliphatic carbocycles. The molecule has 4 nitrogen and oxygen atoms in total. The van der Waals surface area contributed by atoms with Gasteiger partial charge in [-0.2, -0.15) is 5.10 Å². The number of rotatable bonds is 2. The Morgan fingerprint density at radius 1 is 1.42 bits per heavy atom. The SMILES string of the molecule is Cc1nn(C)c2c1nc(CCl)n2C1CCC(C)(C)C1. The number of aromatic nitrogens is 4. The first-order valence-corrected chi connectivity index (χ1v) is 7.43. The lowest BCUT2D eigenvalue weighted by molar-refractivity contribution is 0.358. The van der Waals surface area contributed by atoms with Crippen LogP contribution in [0, 0.1) is 12.3 Å². The molecule has 2 aromatic rings. The molecule has 0 radical (unpaired) electrons. The normalized spacial score (nSPS) is 22.5. The van der Waals surface area contributed by atoms with Crippen molar-refractivity contribution in [3.63, 3.8) is 0 Å². The third-order valence-corrected chi connectivity index (χ3v) is 4.57. The standard InChI is InChI=1S/C14H21ClN4/c1-9-12-13(18(4)17-9)19(11(8-15)16-12)10-5-6-14(2,3)7-10/h10H,5-8H2,1-4H3. The van der Waals surface area contributed by atoms with Crippen LogP contribution in [0.15, 0.2) is 0 Å². The molecule has 0 amide bonds. The minimum atomic E-state index is 0.415. The average Bonchev–Trinajstić information content (AvgIpc) is 2.94. The lowest BCUT2D eigenvalue weighted by Gasteiger charge is -2.19. The predicted molar refractivity (Wildman–Crippen MR) is 77.5 cm³/mol. The first-order valence-electron chi connectivity index (χ1n) is 6.89. The Labute approximate surface area is 118 Å². The second-order valence-electron chi connectivity index (χ2n) is 6.47. The monoisotopic (exact) mass is 280 g/mol. The van der Waals surface area contributed by atoms with E-state index < -0.39 is 0 Å². The van der Waals surface area contributed by atoms with E-state index in [1.54, 1.807) is 0 Å². The summed E-state index contributed by atoms with van der Waals surface area (Å²) >= 11 is 6.10. The molecule has 2 heterocycles. The van der Waals surface area contributed by atoms with E-state index in [1.807, 2.05) is 18.7 Å². The number of nitrogens with zero attached hydrogens (tertiary/aromatic N) is 4. The molecule has 2 aromatic heterocycles. The molecule has 1 atom stereocenters. The smallest absolute Gasteiger partial charge is 0.158 e. The van der Waals surface area contributed by atoms with Crippen LogP contribution in [-0.2, 0) is 12.9 Å². The number of fused-ring (bicyclic) bond motifs is 1. The predicted octanol–water partition coefficient (Wildman–Crippen LogP) is 3.57. The Kier molecular flexibility index (Phi) is 2.89. The van der Waals surface area contributed by atoms with Gasteiger partial charge < -0.3 is 4.57 Å². The van der Waals surface area contributed by atoms with E-state index in [9.17, 15) is 0 Å². The Bertz CT molecular complexity index is 623. The van der Waals surface area contributed by atoms with Gasteiger partial charge in [-0.1, -0.05) is 13.8 Å². The molecule has 19 heavy (non-hydrogen) atoms. The molecule has 104 valence electrons. The van der Waals surface area contributed by atoms with E-state index in [2.05, 4.69) is 23.5 Å². The lowest BCUT2D eigenvalue weighted by Crippen LogP contribution is -2.13. The van der Waals surface area contributed by atoms with Crippen LogP contribution >= 0.6 is 11.6 Å². The Hall–Kier alpha value is -1.03. The maximum absolute atomic E-state index is 6.10. The van der Waals surface area contributed by atoms with Crippen molar-refractivity contribution in [1.82, 2.24) is 19.3 Å². The minimum absolute atomic E-state index is 0.415. The van der Waals surface area contributed by atoms with Crippen LogP contribution in [0.5, 0.6) is 0 Å². The van der Waals surface area contributed by atoms with Gasteiger partial charge in [-0.3, -0.25) is 4.68 Å². The summed E-state index contributed by atoms with van der Waals surface area (Å²) in [5, 5.41) is 4.48. The molecule has 0 aromatic carbocycles. The highest BCUT2D eigenvalue weighted by atomic mass is 35.5. The van der Waals surface area contributed by atoms with Gasteiger partial charge in [0.1, 0.15) is 11.3 Å². The van der Waals surface area contributed by atoms with Crippen LogP contribution in [0.4, 0.5) is 0 Å². The van der Waals surface area contributed by atoms with Crippen molar-refractivity contribution in [3.8, 4) is 0 Å². The Balaban J connectivity index is 2.16. The molecular formula is C14H21ClN4. The highest BCUT2D eigenvalue weighted by molar-refractivity contribution is 6.16. The highest BCUT2D eigenvalue weighted by Gasteiger charge is 2.34. The molecule has 1 saturated carbocycles. The molecule has 0 N–H and O–H groups in total.